The first kappa shape index (κ1) is 25.9. The Morgan fingerprint density at radius 1 is 0.938 bits per heavy atom. The SMILES string of the molecule is COc1ccc(F)cc1C(C)(C)CC(N)(Cc1cc(C(F)(F)F)cc(C)c1F)C(F)(F)F. The molecule has 178 valence electrons. The molecule has 0 heterocycles. The quantitative estimate of drug-likeness (QED) is 0.492. The molecule has 0 fully saturated rings. The molecule has 0 saturated carbocycles. The van der Waals surface area contributed by atoms with Gasteiger partial charge in [-0.15, -0.1) is 0 Å². The Morgan fingerprint density at radius 2 is 1.53 bits per heavy atom. The van der Waals surface area contributed by atoms with Gasteiger partial charge in [0.05, 0.1) is 12.7 Å². The van der Waals surface area contributed by atoms with Gasteiger partial charge in [-0.3, -0.25) is 0 Å². The van der Waals surface area contributed by atoms with Gasteiger partial charge in [0, 0.05) is 12.0 Å². The third-order valence-electron chi connectivity index (χ3n) is 5.38. The molecule has 1 atom stereocenters. The zero-order chi connectivity index (χ0) is 24.7. The lowest BCUT2D eigenvalue weighted by Crippen LogP contribution is -2.58. The first-order valence-corrected chi connectivity index (χ1v) is 9.47. The molecule has 32 heavy (non-hydrogen) atoms. The highest BCUT2D eigenvalue weighted by atomic mass is 19.4. The summed E-state index contributed by atoms with van der Waals surface area (Å²) in [6, 6.07) is 4.18. The van der Waals surface area contributed by atoms with E-state index in [0.29, 0.717) is 12.1 Å². The molecule has 0 radical (unpaired) electrons. The van der Waals surface area contributed by atoms with Crippen LogP contribution in [0, 0.1) is 18.6 Å². The normalized spacial score (nSPS) is 14.9. The van der Waals surface area contributed by atoms with Gasteiger partial charge in [0.1, 0.15) is 22.9 Å². The summed E-state index contributed by atoms with van der Waals surface area (Å²) in [4.78, 5) is 0. The van der Waals surface area contributed by atoms with Crippen LogP contribution in [-0.4, -0.2) is 18.8 Å². The number of hydrogen-bond donors (Lipinski definition) is 1. The Kier molecular flexibility index (Phi) is 6.90. The molecule has 0 aliphatic rings. The number of rotatable bonds is 6. The number of hydrogen-bond acceptors (Lipinski definition) is 2. The van der Waals surface area contributed by atoms with Crippen molar-refractivity contribution in [2.75, 3.05) is 7.11 Å². The first-order valence-electron chi connectivity index (χ1n) is 9.47. The van der Waals surface area contributed by atoms with Gasteiger partial charge in [-0.1, -0.05) is 13.8 Å². The second-order valence-corrected chi connectivity index (χ2v) is 8.50. The second-order valence-electron chi connectivity index (χ2n) is 8.50. The third-order valence-corrected chi connectivity index (χ3v) is 5.38. The molecule has 0 bridgehead atoms. The number of benzene rings is 2. The monoisotopic (exact) mass is 469 g/mol. The summed E-state index contributed by atoms with van der Waals surface area (Å²) in [6.07, 6.45) is -12.1. The van der Waals surface area contributed by atoms with Crippen molar-refractivity contribution in [3.05, 3.63) is 64.2 Å². The van der Waals surface area contributed by atoms with Crippen molar-refractivity contribution >= 4 is 0 Å². The molecule has 1 unspecified atom stereocenters. The number of nitrogens with two attached hydrogens (primary N) is 1. The van der Waals surface area contributed by atoms with E-state index >= 15 is 0 Å². The molecule has 2 rings (SSSR count). The number of alkyl halides is 6. The number of halogens is 8. The lowest BCUT2D eigenvalue weighted by molar-refractivity contribution is -0.191. The van der Waals surface area contributed by atoms with Crippen molar-refractivity contribution in [2.24, 2.45) is 5.73 Å². The lowest BCUT2D eigenvalue weighted by Gasteiger charge is -2.39. The smallest absolute Gasteiger partial charge is 0.416 e. The molecule has 0 amide bonds. The minimum absolute atomic E-state index is 0.0831. The molecule has 2 nitrogen and oxygen atoms in total. The summed E-state index contributed by atoms with van der Waals surface area (Å²) in [7, 11) is 1.26. The Morgan fingerprint density at radius 3 is 2.03 bits per heavy atom. The van der Waals surface area contributed by atoms with Crippen LogP contribution in [0.15, 0.2) is 30.3 Å². The predicted octanol–water partition coefficient (Wildman–Crippen LogP) is 6.47. The predicted molar refractivity (Wildman–Crippen MR) is 103 cm³/mol. The average molecular weight is 469 g/mol. The lowest BCUT2D eigenvalue weighted by atomic mass is 9.71. The molecule has 0 spiro atoms. The van der Waals surface area contributed by atoms with E-state index in [4.69, 9.17) is 10.5 Å². The molecular formula is C22H23F8NO. The van der Waals surface area contributed by atoms with E-state index in [1.165, 1.54) is 27.0 Å². The van der Waals surface area contributed by atoms with Gasteiger partial charge in [0.2, 0.25) is 0 Å². The standard InChI is InChI=1S/C22H23F8NO/c1-12-7-14(21(25,26)27)8-13(18(12)24)10-20(31,22(28,29)30)11-19(2,3)16-9-15(23)5-6-17(16)32-4/h5-9H,10-11,31H2,1-4H3. The summed E-state index contributed by atoms with van der Waals surface area (Å²) in [5.74, 6) is -1.80. The van der Waals surface area contributed by atoms with Gasteiger partial charge in [-0.25, -0.2) is 8.78 Å². The molecule has 2 N–H and O–H groups in total. The minimum Gasteiger partial charge on any atom is -0.496 e. The van der Waals surface area contributed by atoms with E-state index in [0.717, 1.165) is 19.1 Å². The topological polar surface area (TPSA) is 35.2 Å². The summed E-state index contributed by atoms with van der Waals surface area (Å²) in [6.45, 7) is 3.76. The van der Waals surface area contributed by atoms with Crippen molar-refractivity contribution < 1.29 is 39.9 Å². The highest BCUT2D eigenvalue weighted by Crippen LogP contribution is 2.44. The van der Waals surface area contributed by atoms with Crippen LogP contribution in [0.4, 0.5) is 35.1 Å². The van der Waals surface area contributed by atoms with Crippen LogP contribution in [0.1, 0.15) is 42.5 Å². The van der Waals surface area contributed by atoms with Crippen LogP contribution in [0.5, 0.6) is 5.75 Å². The Hall–Kier alpha value is -2.36. The molecule has 0 aromatic heterocycles. The highest BCUT2D eigenvalue weighted by molar-refractivity contribution is 5.40. The molecule has 2 aromatic carbocycles. The van der Waals surface area contributed by atoms with Crippen molar-refractivity contribution in [3.8, 4) is 5.75 Å². The van der Waals surface area contributed by atoms with Crippen LogP contribution < -0.4 is 10.5 Å². The van der Waals surface area contributed by atoms with E-state index in [2.05, 4.69) is 0 Å². The maximum Gasteiger partial charge on any atom is 0.416 e. The second kappa shape index (κ2) is 8.53. The molecule has 2 aromatic rings. The third kappa shape index (κ3) is 5.33. The van der Waals surface area contributed by atoms with Gasteiger partial charge < -0.3 is 10.5 Å². The van der Waals surface area contributed by atoms with E-state index in [-0.39, 0.29) is 11.3 Å². The van der Waals surface area contributed by atoms with Crippen molar-refractivity contribution in [1.29, 1.82) is 0 Å². The van der Waals surface area contributed by atoms with Crippen molar-refractivity contribution in [1.82, 2.24) is 0 Å². The fraction of sp³-hybridized carbons (Fsp3) is 0.455. The van der Waals surface area contributed by atoms with Crippen LogP contribution in [0.25, 0.3) is 0 Å². The van der Waals surface area contributed by atoms with Gasteiger partial charge in [0.15, 0.2) is 0 Å². The van der Waals surface area contributed by atoms with E-state index in [9.17, 15) is 35.1 Å². The molecule has 0 aliphatic heterocycles. The van der Waals surface area contributed by atoms with E-state index in [1.807, 2.05) is 0 Å². The number of ether oxygens (including phenoxy) is 1. The minimum atomic E-state index is -5.11. The number of methoxy groups -OCH3 is 1. The fourth-order valence-electron chi connectivity index (χ4n) is 3.83. The van der Waals surface area contributed by atoms with Crippen LogP contribution in [-0.2, 0) is 18.0 Å². The van der Waals surface area contributed by atoms with Crippen molar-refractivity contribution in [2.45, 2.75) is 56.9 Å². The molecule has 10 heteroatoms. The summed E-state index contributed by atoms with van der Waals surface area (Å²) >= 11 is 0. The van der Waals surface area contributed by atoms with E-state index < -0.39 is 64.5 Å². The molecule has 0 saturated heterocycles. The summed E-state index contributed by atoms with van der Waals surface area (Å²) in [5.41, 5.74) is -1.28. The Labute approximate surface area is 180 Å². The molecule has 0 aliphatic carbocycles. The zero-order valence-corrected chi connectivity index (χ0v) is 17.8. The average Bonchev–Trinajstić information content (AvgIpc) is 2.63. The largest absolute Gasteiger partial charge is 0.496 e. The van der Waals surface area contributed by atoms with Gasteiger partial charge in [-0.05, 0) is 60.2 Å². The van der Waals surface area contributed by atoms with E-state index in [1.54, 1.807) is 0 Å². The summed E-state index contributed by atoms with van der Waals surface area (Å²) in [5, 5.41) is 0. The van der Waals surface area contributed by atoms with Gasteiger partial charge in [-0.2, -0.15) is 26.3 Å². The highest BCUT2D eigenvalue weighted by Gasteiger charge is 2.55. The fourth-order valence-corrected chi connectivity index (χ4v) is 3.83. The Bertz CT molecular complexity index is 981. The van der Waals surface area contributed by atoms with Gasteiger partial charge in [0.25, 0.3) is 0 Å². The van der Waals surface area contributed by atoms with Gasteiger partial charge >= 0.3 is 12.4 Å². The summed E-state index contributed by atoms with van der Waals surface area (Å²) < 4.78 is 115. The number of aryl methyl sites for hydroxylation is 1. The maximum absolute atomic E-state index is 14.6. The van der Waals surface area contributed by atoms with Crippen molar-refractivity contribution in [3.63, 3.8) is 0 Å². The first-order chi connectivity index (χ1) is 14.4. The van der Waals surface area contributed by atoms with Crippen LogP contribution in [0.3, 0.4) is 0 Å². The maximum atomic E-state index is 14.6. The zero-order valence-electron chi connectivity index (χ0n) is 17.8. The molecular weight excluding hydrogens is 446 g/mol. The Balaban J connectivity index is 2.58. The van der Waals surface area contributed by atoms with Crippen LogP contribution in [0.2, 0.25) is 0 Å². The van der Waals surface area contributed by atoms with Crippen LogP contribution >= 0.6 is 0 Å².